The summed E-state index contributed by atoms with van der Waals surface area (Å²) in [6, 6.07) is 0.225. The molecule has 3 heteroatoms. The third kappa shape index (κ3) is 0.807. The topological polar surface area (TPSA) is 70.7 Å². The summed E-state index contributed by atoms with van der Waals surface area (Å²) < 4.78 is 0. The van der Waals surface area contributed by atoms with Crippen LogP contribution in [0, 0.1) is 17.8 Å². The van der Waals surface area contributed by atoms with Gasteiger partial charge in [0.1, 0.15) is 6.04 Å². The van der Waals surface area contributed by atoms with Crippen LogP contribution in [0.2, 0.25) is 0 Å². The highest BCUT2D eigenvalue weighted by atomic mass is 16.1. The summed E-state index contributed by atoms with van der Waals surface area (Å²) in [6.45, 7) is 0. The summed E-state index contributed by atoms with van der Waals surface area (Å²) in [5, 5.41) is 0. The van der Waals surface area contributed by atoms with Gasteiger partial charge in [0.25, 0.3) is 0 Å². The van der Waals surface area contributed by atoms with Crippen molar-refractivity contribution in [2.24, 2.45) is 23.5 Å². The largest absolute Gasteiger partial charge is 0.369 e. The van der Waals surface area contributed by atoms with E-state index in [2.05, 4.69) is 17.9 Å². The molecule has 2 bridgehead atoms. The van der Waals surface area contributed by atoms with Crippen molar-refractivity contribution >= 4 is 5.91 Å². The van der Waals surface area contributed by atoms with E-state index in [1.165, 1.54) is 0 Å². The Kier molecular flexibility index (Phi) is 1.29. The van der Waals surface area contributed by atoms with E-state index in [0.29, 0.717) is 11.8 Å². The van der Waals surface area contributed by atoms with E-state index in [1.54, 1.807) is 0 Å². The van der Waals surface area contributed by atoms with Crippen molar-refractivity contribution in [3.8, 4) is 0 Å². The lowest BCUT2D eigenvalue weighted by Crippen LogP contribution is -2.67. The van der Waals surface area contributed by atoms with Gasteiger partial charge < -0.3 is 11.5 Å². The van der Waals surface area contributed by atoms with Gasteiger partial charge in [-0.25, -0.2) is 0 Å². The van der Waals surface area contributed by atoms with E-state index in [9.17, 15) is 4.79 Å². The molecule has 1 amide bonds. The molecule has 60 valence electrons. The van der Waals surface area contributed by atoms with Gasteiger partial charge in [-0.1, -0.05) is 12.2 Å². The Labute approximate surface area is 65.4 Å². The van der Waals surface area contributed by atoms with Crippen LogP contribution in [-0.4, -0.2) is 11.9 Å². The minimum Gasteiger partial charge on any atom is -0.369 e. The minimum absolute atomic E-state index is 0.00463. The van der Waals surface area contributed by atoms with Crippen LogP contribution in [0.3, 0.4) is 0 Å². The highest BCUT2D eigenvalue weighted by Gasteiger charge is 2.48. The van der Waals surface area contributed by atoms with Gasteiger partial charge in [0.05, 0.1) is 5.92 Å². The zero-order valence-electron chi connectivity index (χ0n) is 6.36. The number of carbonyl (C=O) groups excluding carboxylic acids is 1. The van der Waals surface area contributed by atoms with E-state index in [0.717, 1.165) is 6.42 Å². The second-order valence-corrected chi connectivity index (χ2v) is 3.54. The Morgan fingerprint density at radius 2 is 2.09 bits per heavy atom. The molecule has 3 nitrogen and oxygen atoms in total. The Bertz CT molecular complexity index is 224. The van der Waals surface area contributed by atoms with Gasteiger partial charge in [-0.05, 0) is 12.3 Å². The first-order chi connectivity index (χ1) is 5.20. The van der Waals surface area contributed by atoms with Crippen molar-refractivity contribution in [2.45, 2.75) is 12.5 Å². The van der Waals surface area contributed by atoms with Crippen molar-refractivity contribution in [1.29, 1.82) is 0 Å². The number of rotatable bonds is 1. The SMILES string of the molecule is NC(=O)[C@H]1[C@@H]([NH3+])[C@@H]2C=C[C@H]1C2. The predicted octanol–water partition coefficient (Wildman–Crippen LogP) is -1.10. The zero-order chi connectivity index (χ0) is 8.01. The maximum Gasteiger partial charge on any atom is 0.227 e. The second kappa shape index (κ2) is 2.08. The van der Waals surface area contributed by atoms with Crippen LogP contribution in [0.15, 0.2) is 12.2 Å². The Hall–Kier alpha value is -0.830. The first-order valence-electron chi connectivity index (χ1n) is 4.01. The lowest BCUT2D eigenvalue weighted by atomic mass is 9.89. The van der Waals surface area contributed by atoms with Gasteiger partial charge in [0.2, 0.25) is 5.91 Å². The van der Waals surface area contributed by atoms with E-state index in [1.807, 2.05) is 0 Å². The van der Waals surface area contributed by atoms with Gasteiger partial charge in [-0.3, -0.25) is 4.79 Å². The normalized spacial score (nSPS) is 46.6. The molecule has 0 saturated heterocycles. The fourth-order valence-corrected chi connectivity index (χ4v) is 2.35. The molecule has 4 atom stereocenters. The molecule has 0 aromatic heterocycles. The van der Waals surface area contributed by atoms with E-state index in [4.69, 9.17) is 5.73 Å². The van der Waals surface area contributed by atoms with E-state index >= 15 is 0 Å². The fourth-order valence-electron chi connectivity index (χ4n) is 2.35. The number of hydrogen-bond donors (Lipinski definition) is 2. The molecule has 0 unspecified atom stereocenters. The molecule has 5 N–H and O–H groups in total. The molecule has 1 fully saturated rings. The number of amides is 1. The maximum atomic E-state index is 11.0. The summed E-state index contributed by atoms with van der Waals surface area (Å²) in [7, 11) is 0. The molecule has 11 heavy (non-hydrogen) atoms. The Morgan fingerprint density at radius 1 is 1.45 bits per heavy atom. The molecule has 1 saturated carbocycles. The van der Waals surface area contributed by atoms with Gasteiger partial charge in [-0.2, -0.15) is 0 Å². The van der Waals surface area contributed by atoms with Crippen LogP contribution in [0.5, 0.6) is 0 Å². The van der Waals surface area contributed by atoms with E-state index in [-0.39, 0.29) is 17.9 Å². The third-order valence-electron chi connectivity index (χ3n) is 2.95. The smallest absolute Gasteiger partial charge is 0.227 e. The van der Waals surface area contributed by atoms with Crippen molar-refractivity contribution in [1.82, 2.24) is 0 Å². The minimum atomic E-state index is -0.179. The van der Waals surface area contributed by atoms with E-state index < -0.39 is 0 Å². The maximum absolute atomic E-state index is 11.0. The highest BCUT2D eigenvalue weighted by Crippen LogP contribution is 2.41. The highest BCUT2D eigenvalue weighted by molar-refractivity contribution is 5.78. The lowest BCUT2D eigenvalue weighted by molar-refractivity contribution is -0.433. The molecule has 2 aliphatic carbocycles. The summed E-state index contributed by atoms with van der Waals surface area (Å²) in [5.74, 6) is 0.726. The fraction of sp³-hybridized carbons (Fsp3) is 0.625. The van der Waals surface area contributed by atoms with Crippen LogP contribution < -0.4 is 11.5 Å². The molecule has 0 radical (unpaired) electrons. The Balaban J connectivity index is 2.25. The monoisotopic (exact) mass is 153 g/mol. The molecule has 2 rings (SSSR count). The molecule has 0 heterocycles. The van der Waals surface area contributed by atoms with Gasteiger partial charge in [0, 0.05) is 5.92 Å². The van der Waals surface area contributed by atoms with Gasteiger partial charge in [-0.15, -0.1) is 0 Å². The van der Waals surface area contributed by atoms with Crippen molar-refractivity contribution in [3.05, 3.63) is 12.2 Å². The van der Waals surface area contributed by atoms with Crippen LogP contribution >= 0.6 is 0 Å². The zero-order valence-corrected chi connectivity index (χ0v) is 6.36. The number of carbonyl (C=O) groups is 1. The first-order valence-corrected chi connectivity index (χ1v) is 4.01. The second-order valence-electron chi connectivity index (χ2n) is 3.54. The summed E-state index contributed by atoms with van der Waals surface area (Å²) in [5.41, 5.74) is 9.23. The van der Waals surface area contributed by atoms with Gasteiger partial charge >= 0.3 is 0 Å². The number of quaternary nitrogens is 1. The predicted molar refractivity (Wildman–Crippen MR) is 40.1 cm³/mol. The quantitative estimate of drug-likeness (QED) is 0.461. The van der Waals surface area contributed by atoms with Crippen LogP contribution in [-0.2, 0) is 4.79 Å². The van der Waals surface area contributed by atoms with Crippen LogP contribution in [0.25, 0.3) is 0 Å². The van der Waals surface area contributed by atoms with Crippen LogP contribution in [0.1, 0.15) is 6.42 Å². The molecular formula is C8H13N2O+. The number of primary amides is 1. The summed E-state index contributed by atoms with van der Waals surface area (Å²) in [6.07, 6.45) is 5.37. The van der Waals surface area contributed by atoms with Gasteiger partial charge in [0.15, 0.2) is 0 Å². The van der Waals surface area contributed by atoms with Crippen molar-refractivity contribution < 1.29 is 10.5 Å². The molecule has 2 aliphatic rings. The lowest BCUT2D eigenvalue weighted by Gasteiger charge is -2.17. The first kappa shape index (κ1) is 6.85. The third-order valence-corrected chi connectivity index (χ3v) is 2.95. The summed E-state index contributed by atoms with van der Waals surface area (Å²) >= 11 is 0. The number of fused-ring (bicyclic) bond motifs is 2. The van der Waals surface area contributed by atoms with Crippen molar-refractivity contribution in [3.63, 3.8) is 0 Å². The number of hydrogen-bond acceptors (Lipinski definition) is 1. The number of nitrogens with two attached hydrogens (primary N) is 1. The molecule has 0 aromatic carbocycles. The Morgan fingerprint density at radius 3 is 2.45 bits per heavy atom. The van der Waals surface area contributed by atoms with Crippen LogP contribution in [0.4, 0.5) is 0 Å². The summed E-state index contributed by atoms with van der Waals surface area (Å²) in [4.78, 5) is 11.0. The molecule has 0 aliphatic heterocycles. The average molecular weight is 153 g/mol. The molecule has 0 aromatic rings. The number of allylic oxidation sites excluding steroid dienone is 1. The standard InChI is InChI=1S/C8H12N2O/c9-7-5-2-1-4(3-5)6(7)8(10)11/h1-2,4-7H,3,9H2,(H2,10,11)/p+1/t4-,5+,6+,7-/m0/s1. The molecular weight excluding hydrogens is 140 g/mol. The average Bonchev–Trinajstić information content (AvgIpc) is 2.44. The molecule has 0 spiro atoms. The van der Waals surface area contributed by atoms with Crippen molar-refractivity contribution in [2.75, 3.05) is 0 Å².